The van der Waals surface area contributed by atoms with Gasteiger partial charge in [-0.3, -0.25) is 4.79 Å². The van der Waals surface area contributed by atoms with E-state index in [0.717, 1.165) is 4.88 Å². The number of carbonyl (C=O) groups is 2. The Hall–Kier alpha value is -1.74. The number of alkyl halides is 2. The minimum Gasteiger partial charge on any atom is -0.481 e. The second-order valence-corrected chi connectivity index (χ2v) is 7.51. The second kappa shape index (κ2) is 8.39. The lowest BCUT2D eigenvalue weighted by Gasteiger charge is -2.22. The predicted octanol–water partition coefficient (Wildman–Crippen LogP) is 2.62. The highest BCUT2D eigenvalue weighted by Crippen LogP contribution is 2.18. The lowest BCUT2D eigenvalue weighted by atomic mass is 10.2. The van der Waals surface area contributed by atoms with Gasteiger partial charge in [-0.15, -0.1) is 11.3 Å². The quantitative estimate of drug-likeness (QED) is 0.660. The number of amides is 1. The number of carboxylic acids is 1. The lowest BCUT2D eigenvalue weighted by molar-refractivity contribution is -0.136. The smallest absolute Gasteiger partial charge is 0.407 e. The molecule has 0 bridgehead atoms. The molecule has 0 radical (unpaired) electrons. The van der Waals surface area contributed by atoms with Crippen molar-refractivity contribution in [2.45, 2.75) is 45.3 Å². The molecule has 0 aliphatic heterocycles. The van der Waals surface area contributed by atoms with Gasteiger partial charge in [0.25, 0.3) is 5.92 Å². The number of halogens is 2. The maximum Gasteiger partial charge on any atom is 0.407 e. The van der Waals surface area contributed by atoms with Crippen LogP contribution in [0.1, 0.15) is 30.5 Å². The molecule has 0 aliphatic rings. The van der Waals surface area contributed by atoms with Crippen molar-refractivity contribution in [3.63, 3.8) is 0 Å². The Morgan fingerprint density at radius 2 is 1.83 bits per heavy atom. The molecule has 24 heavy (non-hydrogen) atoms. The van der Waals surface area contributed by atoms with Crippen molar-refractivity contribution >= 4 is 23.4 Å². The summed E-state index contributed by atoms with van der Waals surface area (Å²) in [5.74, 6) is -4.06. The van der Waals surface area contributed by atoms with Crippen molar-refractivity contribution in [2.24, 2.45) is 0 Å². The summed E-state index contributed by atoms with van der Waals surface area (Å²) in [5, 5.41) is 13.3. The number of ether oxygens (including phenoxy) is 1. The summed E-state index contributed by atoms with van der Waals surface area (Å²) in [4.78, 5) is 23.4. The first-order valence-electron chi connectivity index (χ1n) is 7.32. The molecule has 1 heterocycles. The van der Waals surface area contributed by atoms with Gasteiger partial charge in [0.2, 0.25) is 0 Å². The van der Waals surface area contributed by atoms with Crippen LogP contribution in [-0.4, -0.2) is 41.8 Å². The fourth-order valence-corrected chi connectivity index (χ4v) is 2.69. The zero-order valence-electron chi connectivity index (χ0n) is 13.8. The molecule has 0 saturated heterocycles. The van der Waals surface area contributed by atoms with Crippen LogP contribution in [0.15, 0.2) is 12.1 Å². The van der Waals surface area contributed by atoms with E-state index < -0.39 is 36.7 Å². The van der Waals surface area contributed by atoms with Gasteiger partial charge in [-0.2, -0.15) is 0 Å². The largest absolute Gasteiger partial charge is 0.481 e. The number of carbonyl (C=O) groups excluding carboxylic acids is 1. The van der Waals surface area contributed by atoms with Crippen LogP contribution in [0.4, 0.5) is 13.6 Å². The molecule has 0 spiro atoms. The van der Waals surface area contributed by atoms with Crippen LogP contribution in [-0.2, 0) is 22.5 Å². The highest BCUT2D eigenvalue weighted by molar-refractivity contribution is 7.12. The number of hydrogen-bond acceptors (Lipinski definition) is 5. The Morgan fingerprint density at radius 1 is 1.21 bits per heavy atom. The van der Waals surface area contributed by atoms with Crippen LogP contribution >= 0.6 is 11.3 Å². The summed E-state index contributed by atoms with van der Waals surface area (Å²) in [6, 6.07) is 3.37. The molecule has 0 atom stereocenters. The number of alkyl carbamates (subject to hydrolysis) is 1. The molecule has 0 saturated carbocycles. The fourth-order valence-electron chi connectivity index (χ4n) is 1.71. The minimum atomic E-state index is -3.13. The maximum absolute atomic E-state index is 13.7. The summed E-state index contributed by atoms with van der Waals surface area (Å²) in [5.41, 5.74) is -0.746. The number of aliphatic carboxylic acids is 1. The van der Waals surface area contributed by atoms with E-state index in [1.807, 2.05) is 5.32 Å². The molecule has 0 aromatic carbocycles. The predicted molar refractivity (Wildman–Crippen MR) is 86.5 cm³/mol. The van der Waals surface area contributed by atoms with Gasteiger partial charge in [0.1, 0.15) is 5.60 Å². The van der Waals surface area contributed by atoms with E-state index in [1.165, 1.54) is 11.3 Å². The van der Waals surface area contributed by atoms with Crippen molar-refractivity contribution in [1.29, 1.82) is 0 Å². The first-order valence-corrected chi connectivity index (χ1v) is 8.13. The van der Waals surface area contributed by atoms with Crippen molar-refractivity contribution in [3.8, 4) is 0 Å². The van der Waals surface area contributed by atoms with Gasteiger partial charge in [-0.05, 0) is 32.9 Å². The summed E-state index contributed by atoms with van der Waals surface area (Å²) in [7, 11) is 0. The van der Waals surface area contributed by atoms with Gasteiger partial charge in [0, 0.05) is 16.3 Å². The SMILES string of the molecule is CC(C)(C)OC(=O)NCC(F)(F)CNCc1ccc(CC(=O)O)s1. The normalized spacial score (nSPS) is 12.0. The third kappa shape index (κ3) is 8.78. The number of rotatable bonds is 8. The van der Waals surface area contributed by atoms with E-state index in [2.05, 4.69) is 5.32 Å². The van der Waals surface area contributed by atoms with Gasteiger partial charge in [0.15, 0.2) is 0 Å². The molecule has 136 valence electrons. The molecule has 0 aliphatic carbocycles. The Labute approximate surface area is 143 Å². The van der Waals surface area contributed by atoms with E-state index >= 15 is 0 Å². The van der Waals surface area contributed by atoms with Crippen LogP contribution in [0, 0.1) is 0 Å². The van der Waals surface area contributed by atoms with Gasteiger partial charge in [-0.1, -0.05) is 0 Å². The zero-order valence-corrected chi connectivity index (χ0v) is 14.6. The molecule has 1 rings (SSSR count). The van der Waals surface area contributed by atoms with Gasteiger partial charge in [-0.25, -0.2) is 13.6 Å². The average molecular weight is 364 g/mol. The molecule has 0 unspecified atom stereocenters. The highest BCUT2D eigenvalue weighted by atomic mass is 32.1. The van der Waals surface area contributed by atoms with Crippen LogP contribution in [0.25, 0.3) is 0 Å². The van der Waals surface area contributed by atoms with Crippen molar-refractivity contribution in [1.82, 2.24) is 10.6 Å². The molecule has 3 N–H and O–H groups in total. The number of carboxylic acid groups (broad SMARTS) is 1. The van der Waals surface area contributed by atoms with Crippen molar-refractivity contribution in [2.75, 3.05) is 13.1 Å². The van der Waals surface area contributed by atoms with Gasteiger partial charge < -0.3 is 20.5 Å². The molecule has 9 heteroatoms. The van der Waals surface area contributed by atoms with Crippen LogP contribution in [0.2, 0.25) is 0 Å². The average Bonchev–Trinajstić information content (AvgIpc) is 2.81. The third-order valence-corrected chi connectivity index (χ3v) is 3.70. The van der Waals surface area contributed by atoms with Crippen molar-refractivity contribution < 1.29 is 28.2 Å². The number of nitrogens with one attached hydrogen (secondary N) is 2. The Balaban J connectivity index is 2.33. The van der Waals surface area contributed by atoms with Crippen LogP contribution in [0.3, 0.4) is 0 Å². The first-order chi connectivity index (χ1) is 11.0. The van der Waals surface area contributed by atoms with E-state index in [0.29, 0.717) is 4.88 Å². The van der Waals surface area contributed by atoms with E-state index in [4.69, 9.17) is 9.84 Å². The van der Waals surface area contributed by atoms with E-state index in [1.54, 1.807) is 32.9 Å². The fraction of sp³-hybridized carbons (Fsp3) is 0.600. The molecule has 0 fully saturated rings. The molecular weight excluding hydrogens is 342 g/mol. The summed E-state index contributed by atoms with van der Waals surface area (Å²) >= 11 is 1.26. The summed E-state index contributed by atoms with van der Waals surface area (Å²) in [6.45, 7) is 3.69. The van der Waals surface area contributed by atoms with Crippen LogP contribution in [0.5, 0.6) is 0 Å². The molecular formula is C15H22F2N2O4S. The highest BCUT2D eigenvalue weighted by Gasteiger charge is 2.30. The maximum atomic E-state index is 13.7. The Bertz CT molecular complexity index is 570. The standard InChI is InChI=1S/C15H22F2N2O4S/c1-14(2,3)23-13(22)19-9-15(16,17)8-18-7-11-5-4-10(24-11)6-12(20)21/h4-5,18H,6-9H2,1-3H3,(H,19,22)(H,20,21). The topological polar surface area (TPSA) is 87.7 Å². The molecule has 1 amide bonds. The molecule has 6 nitrogen and oxygen atoms in total. The summed E-state index contributed by atoms with van der Waals surface area (Å²) < 4.78 is 32.3. The summed E-state index contributed by atoms with van der Waals surface area (Å²) in [6.07, 6.45) is -0.973. The van der Waals surface area contributed by atoms with E-state index in [-0.39, 0.29) is 13.0 Å². The monoisotopic (exact) mass is 364 g/mol. The number of thiophene rings is 1. The molecule has 1 aromatic rings. The first kappa shape index (κ1) is 20.3. The molecule has 1 aromatic heterocycles. The zero-order chi connectivity index (χ0) is 18.4. The third-order valence-electron chi connectivity index (χ3n) is 2.62. The van der Waals surface area contributed by atoms with E-state index in [9.17, 15) is 18.4 Å². The van der Waals surface area contributed by atoms with Gasteiger partial charge >= 0.3 is 12.1 Å². The minimum absolute atomic E-state index is 0.0827. The number of hydrogen-bond donors (Lipinski definition) is 3. The lowest BCUT2D eigenvalue weighted by Crippen LogP contribution is -2.44. The van der Waals surface area contributed by atoms with Gasteiger partial charge in [0.05, 0.1) is 19.5 Å². The Kier molecular flexibility index (Phi) is 7.09. The Morgan fingerprint density at radius 3 is 2.42 bits per heavy atom. The van der Waals surface area contributed by atoms with Crippen LogP contribution < -0.4 is 10.6 Å². The second-order valence-electron chi connectivity index (χ2n) is 6.25. The van der Waals surface area contributed by atoms with Crippen molar-refractivity contribution in [3.05, 3.63) is 21.9 Å².